The highest BCUT2D eigenvalue weighted by molar-refractivity contribution is 8.00. The number of thioether (sulfide) groups is 1. The number of amides is 1. The number of carbonyl (C=O) groups excluding carboxylic acids is 3. The molecule has 44 heavy (non-hydrogen) atoms. The van der Waals surface area contributed by atoms with Gasteiger partial charge < -0.3 is 31.9 Å². The molecule has 3 aliphatic rings. The van der Waals surface area contributed by atoms with Crippen molar-refractivity contribution in [2.75, 3.05) is 25.4 Å². The minimum absolute atomic E-state index is 0.0777. The number of aliphatic hydroxyl groups is 1. The summed E-state index contributed by atoms with van der Waals surface area (Å²) in [4.78, 5) is 40.4. The second-order valence-electron chi connectivity index (χ2n) is 13.8. The summed E-state index contributed by atoms with van der Waals surface area (Å²) >= 11 is 1.34. The summed E-state index contributed by atoms with van der Waals surface area (Å²) in [6.45, 7) is 9.90. The lowest BCUT2D eigenvalue weighted by Crippen LogP contribution is -2.63. The number of carbonyl (C=O) groups is 3. The van der Waals surface area contributed by atoms with Crippen molar-refractivity contribution in [2.24, 2.45) is 45.5 Å². The molecule has 0 aromatic heterocycles. The fraction of sp³-hybridized carbons (Fsp3) is 0.697. The smallest absolute Gasteiger partial charge is 0.316 e. The molecule has 3 aliphatic carbocycles. The van der Waals surface area contributed by atoms with Crippen molar-refractivity contribution in [2.45, 2.75) is 89.7 Å². The maximum absolute atomic E-state index is 13.7. The minimum atomic E-state index is -0.718. The number of aliphatic hydroxyl groups excluding tert-OH is 1. The van der Waals surface area contributed by atoms with Crippen LogP contribution in [-0.2, 0) is 14.3 Å². The molecule has 2 bridgehead atoms. The van der Waals surface area contributed by atoms with E-state index in [0.29, 0.717) is 50.9 Å². The normalized spacial score (nSPS) is 34.8. The first-order valence-electron chi connectivity index (χ1n) is 16.0. The zero-order chi connectivity index (χ0) is 32.3. The van der Waals surface area contributed by atoms with Gasteiger partial charge in [-0.15, -0.1) is 11.8 Å². The van der Waals surface area contributed by atoms with Crippen molar-refractivity contribution in [1.29, 1.82) is 5.41 Å². The second-order valence-corrected chi connectivity index (χ2v) is 14.9. The van der Waals surface area contributed by atoms with Gasteiger partial charge in [-0.2, -0.15) is 0 Å². The Morgan fingerprint density at radius 3 is 2.50 bits per heavy atom. The molecular formula is C33H51N5O5S. The van der Waals surface area contributed by atoms with Gasteiger partial charge in [0.25, 0.3) is 5.91 Å². The van der Waals surface area contributed by atoms with E-state index in [2.05, 4.69) is 31.4 Å². The molecule has 0 spiro atoms. The maximum Gasteiger partial charge on any atom is 0.316 e. The van der Waals surface area contributed by atoms with Crippen LogP contribution in [0.4, 0.5) is 0 Å². The third kappa shape index (κ3) is 6.65. The van der Waals surface area contributed by atoms with Crippen LogP contribution in [0.15, 0.2) is 29.2 Å². The molecule has 1 aromatic carbocycles. The number of hydrogen-bond donors (Lipinski definition) is 6. The van der Waals surface area contributed by atoms with Crippen LogP contribution in [0.25, 0.3) is 0 Å². The largest absolute Gasteiger partial charge is 0.461 e. The van der Waals surface area contributed by atoms with Gasteiger partial charge in [-0.25, -0.2) is 0 Å². The molecule has 3 saturated carbocycles. The molecule has 0 heterocycles. The molecule has 1 aromatic rings. The Morgan fingerprint density at radius 1 is 1.14 bits per heavy atom. The predicted molar refractivity (Wildman–Crippen MR) is 172 cm³/mol. The molecule has 11 heteroatoms. The molecule has 0 radical (unpaired) electrons. The standard InChI is InChI=1S/C33H51N5O5S/c1-20-10-12-33-13-11-24(39)27(33)32(20,4)25(18-31(3,28(41)21(33)2)14-17-38-30(35)36)43-26(40)19-44-23-8-6-22(7-9-23)29(42)37-16-5-15-34/h6-9,20-21,25,27-28,41H,5,10-19,34H2,1-4H3,(H,37,42)(H4,35,36,38)/t20-,21+,25-,27?,28+,31+,32+,33+/m1/s1. The van der Waals surface area contributed by atoms with Crippen molar-refractivity contribution in [3.8, 4) is 0 Å². The van der Waals surface area contributed by atoms with Crippen LogP contribution in [0.3, 0.4) is 0 Å². The van der Waals surface area contributed by atoms with Crippen molar-refractivity contribution >= 4 is 35.4 Å². The molecule has 3 fully saturated rings. The number of ether oxygens (including phenoxy) is 1. The van der Waals surface area contributed by atoms with Gasteiger partial charge in [0.05, 0.1) is 11.9 Å². The highest BCUT2D eigenvalue weighted by Crippen LogP contribution is 2.68. The van der Waals surface area contributed by atoms with Crippen LogP contribution in [0, 0.1) is 39.4 Å². The van der Waals surface area contributed by atoms with E-state index in [9.17, 15) is 19.5 Å². The van der Waals surface area contributed by atoms with Crippen LogP contribution in [0.2, 0.25) is 0 Å². The van der Waals surface area contributed by atoms with Gasteiger partial charge in [0.1, 0.15) is 11.9 Å². The first-order chi connectivity index (χ1) is 20.8. The van der Waals surface area contributed by atoms with Gasteiger partial charge in [0.2, 0.25) is 0 Å². The van der Waals surface area contributed by atoms with E-state index in [1.165, 1.54) is 11.8 Å². The van der Waals surface area contributed by atoms with E-state index in [1.807, 2.05) is 19.1 Å². The van der Waals surface area contributed by atoms with Gasteiger partial charge in [-0.05, 0) is 92.0 Å². The molecular weight excluding hydrogens is 578 g/mol. The minimum Gasteiger partial charge on any atom is -0.461 e. The lowest BCUT2D eigenvalue weighted by atomic mass is 9.43. The zero-order valence-electron chi connectivity index (χ0n) is 26.6. The summed E-state index contributed by atoms with van der Waals surface area (Å²) in [5.41, 5.74) is 10.0. The Morgan fingerprint density at radius 2 is 1.84 bits per heavy atom. The molecule has 0 saturated heterocycles. The number of esters is 1. The second kappa shape index (κ2) is 13.8. The first-order valence-corrected chi connectivity index (χ1v) is 17.0. The van der Waals surface area contributed by atoms with Crippen LogP contribution in [0.5, 0.6) is 0 Å². The number of nitrogens with one attached hydrogen (secondary N) is 3. The monoisotopic (exact) mass is 629 g/mol. The number of rotatable bonds is 11. The topological polar surface area (TPSA) is 181 Å². The highest BCUT2D eigenvalue weighted by atomic mass is 32.2. The highest BCUT2D eigenvalue weighted by Gasteiger charge is 2.68. The lowest BCUT2D eigenvalue weighted by Gasteiger charge is -2.62. The Bertz CT molecular complexity index is 1230. The summed E-state index contributed by atoms with van der Waals surface area (Å²) in [6.07, 6.45) is 3.39. The Balaban J connectivity index is 1.56. The number of ketones is 1. The van der Waals surface area contributed by atoms with Crippen molar-refractivity contribution in [3.63, 3.8) is 0 Å². The fourth-order valence-electron chi connectivity index (χ4n) is 8.53. The third-order valence-electron chi connectivity index (χ3n) is 11.3. The summed E-state index contributed by atoms with van der Waals surface area (Å²) in [7, 11) is 0. The van der Waals surface area contributed by atoms with Crippen molar-refractivity contribution in [3.05, 3.63) is 29.8 Å². The Kier molecular flexibility index (Phi) is 10.7. The summed E-state index contributed by atoms with van der Waals surface area (Å²) in [6, 6.07) is 7.11. The molecule has 244 valence electrons. The van der Waals surface area contributed by atoms with E-state index in [4.69, 9.17) is 21.6 Å². The summed E-state index contributed by atoms with van der Waals surface area (Å²) in [5.74, 6) is -0.590. The lowest BCUT2D eigenvalue weighted by molar-refractivity contribution is -0.211. The molecule has 8 N–H and O–H groups in total. The number of guanidine groups is 1. The van der Waals surface area contributed by atoms with Gasteiger partial charge in [0, 0.05) is 41.3 Å². The van der Waals surface area contributed by atoms with E-state index in [-0.39, 0.29) is 52.5 Å². The molecule has 8 atom stereocenters. The van der Waals surface area contributed by atoms with Crippen LogP contribution in [0.1, 0.15) is 83.0 Å². The molecule has 1 amide bonds. The van der Waals surface area contributed by atoms with E-state index in [0.717, 1.165) is 24.2 Å². The predicted octanol–water partition coefficient (Wildman–Crippen LogP) is 3.45. The van der Waals surface area contributed by atoms with Crippen molar-refractivity contribution < 1.29 is 24.2 Å². The summed E-state index contributed by atoms with van der Waals surface area (Å²) < 4.78 is 6.40. The van der Waals surface area contributed by atoms with Gasteiger partial charge in [-0.3, -0.25) is 19.8 Å². The first kappa shape index (κ1) is 34.2. The summed E-state index contributed by atoms with van der Waals surface area (Å²) in [5, 5.41) is 25.3. The van der Waals surface area contributed by atoms with Gasteiger partial charge in [0.15, 0.2) is 5.96 Å². The van der Waals surface area contributed by atoms with E-state index < -0.39 is 23.0 Å². The quantitative estimate of drug-likeness (QED) is 0.0702. The molecule has 1 unspecified atom stereocenters. The van der Waals surface area contributed by atoms with Crippen molar-refractivity contribution in [1.82, 2.24) is 10.6 Å². The molecule has 4 rings (SSSR count). The van der Waals surface area contributed by atoms with Crippen LogP contribution < -0.4 is 22.1 Å². The van der Waals surface area contributed by atoms with Gasteiger partial charge in [-0.1, -0.05) is 27.7 Å². The average molecular weight is 630 g/mol. The van der Waals surface area contributed by atoms with E-state index >= 15 is 0 Å². The molecule has 10 nitrogen and oxygen atoms in total. The number of nitrogens with two attached hydrogens (primary N) is 2. The maximum atomic E-state index is 13.7. The number of hydrogen-bond acceptors (Lipinski definition) is 8. The SMILES string of the molecule is C[C@@H]1CC[C@@]23CCC(=O)C2[C@]1(C)[C@H](OC(=O)CSc1ccc(C(=O)NCCCN)cc1)C[C@](C)(CCNC(=N)N)[C@@H](O)[C@@H]3C. The number of benzene rings is 1. The van der Waals surface area contributed by atoms with E-state index in [1.54, 1.807) is 12.1 Å². The third-order valence-corrected chi connectivity index (χ3v) is 12.3. The van der Waals surface area contributed by atoms with Crippen LogP contribution in [-0.4, -0.2) is 66.3 Å². The van der Waals surface area contributed by atoms with Gasteiger partial charge >= 0.3 is 5.97 Å². The molecule has 0 aliphatic heterocycles. The fourth-order valence-corrected chi connectivity index (χ4v) is 9.21. The Hall–Kier alpha value is -2.63. The van der Waals surface area contributed by atoms with Crippen LogP contribution >= 0.6 is 11.8 Å². The Labute approximate surface area is 265 Å². The number of Topliss-reactive ketones (excluding diaryl/α,β-unsaturated/α-hetero) is 1. The average Bonchev–Trinajstić information content (AvgIpc) is 3.34. The zero-order valence-corrected chi connectivity index (χ0v) is 27.4.